The molecule has 3 aliphatic carbocycles. The largest absolute Gasteiger partial charge is 0.481 e. The van der Waals surface area contributed by atoms with Gasteiger partial charge in [0.15, 0.2) is 0 Å². The van der Waals surface area contributed by atoms with Crippen molar-refractivity contribution in [3.63, 3.8) is 0 Å². The molecule has 34 heavy (non-hydrogen) atoms. The van der Waals surface area contributed by atoms with Gasteiger partial charge in [0.2, 0.25) is 5.91 Å². The Kier molecular flexibility index (Phi) is 5.03. The second kappa shape index (κ2) is 7.32. The molecule has 2 unspecified atom stereocenters. The third-order valence-corrected chi connectivity index (χ3v) is 10.4. The predicted molar refractivity (Wildman–Crippen MR) is 134 cm³/mol. The van der Waals surface area contributed by atoms with Gasteiger partial charge in [-0.05, 0) is 77.9 Å². The van der Waals surface area contributed by atoms with Crippen molar-refractivity contribution in [3.05, 3.63) is 59.7 Å². The second-order valence-corrected chi connectivity index (χ2v) is 12.9. The van der Waals surface area contributed by atoms with Gasteiger partial charge < -0.3 is 10.4 Å². The zero-order valence-corrected chi connectivity index (χ0v) is 21.3. The van der Waals surface area contributed by atoms with E-state index in [-0.39, 0.29) is 40.0 Å². The topological polar surface area (TPSA) is 66.4 Å². The summed E-state index contributed by atoms with van der Waals surface area (Å²) in [6, 6.07) is 8.47. The van der Waals surface area contributed by atoms with Gasteiger partial charge in [0.25, 0.3) is 0 Å². The Morgan fingerprint density at radius 2 is 1.85 bits per heavy atom. The van der Waals surface area contributed by atoms with Crippen molar-refractivity contribution in [2.45, 2.75) is 83.6 Å². The smallest absolute Gasteiger partial charge is 0.314 e. The molecule has 0 saturated heterocycles. The number of carbonyl (C=O) groups is 2. The van der Waals surface area contributed by atoms with Crippen LogP contribution in [-0.4, -0.2) is 23.0 Å². The number of fused-ring (bicyclic) bond motifs is 5. The number of rotatable bonds is 2. The molecule has 0 radical (unpaired) electrons. The van der Waals surface area contributed by atoms with Crippen LogP contribution in [0.4, 0.5) is 0 Å². The van der Waals surface area contributed by atoms with Gasteiger partial charge in [0.1, 0.15) is 0 Å². The molecule has 4 aliphatic rings. The summed E-state index contributed by atoms with van der Waals surface area (Å²) in [5.74, 6) is 0.235. The number of hydrogen-bond acceptors (Lipinski definition) is 2. The van der Waals surface area contributed by atoms with E-state index in [1.54, 1.807) is 6.08 Å². The standard InChI is InChI=1S/C30H39NO3/c1-18-16-23-28(5,13-12-24(32)31-23)21-10-14-29(6)22(25(18)21)11-15-30(29,26(33)34)20-9-7-8-19(17-20)27(2,3)4/h7-9,12-13,17,21-23,25H,1,10-11,14-16H2,2-6H3,(H,31,32)(H,33,34)/t21-,22+,23?,25-,28-,29+,30?/m1/s1. The number of carbonyl (C=O) groups excluding carboxylic acids is 1. The van der Waals surface area contributed by atoms with Crippen LogP contribution in [0.15, 0.2) is 48.6 Å². The Balaban J connectivity index is 1.60. The Bertz CT molecular complexity index is 1100. The minimum Gasteiger partial charge on any atom is -0.481 e. The van der Waals surface area contributed by atoms with Gasteiger partial charge in [-0.15, -0.1) is 0 Å². The molecule has 2 N–H and O–H groups in total. The van der Waals surface area contributed by atoms with Crippen LogP contribution in [0.1, 0.15) is 77.8 Å². The summed E-state index contributed by atoms with van der Waals surface area (Å²) in [4.78, 5) is 25.3. The Morgan fingerprint density at radius 1 is 1.15 bits per heavy atom. The van der Waals surface area contributed by atoms with E-state index in [2.05, 4.69) is 70.8 Å². The average Bonchev–Trinajstić information content (AvgIpc) is 3.08. The SMILES string of the molecule is C=C1CC2NC(=O)C=C[C@]2(C)[C@@H]2CC[C@@]3(C)[C@@H](CCC3(C(=O)O)c3cccc(C(C)(C)C)c3)[C@H]12. The number of carboxylic acids is 1. The van der Waals surface area contributed by atoms with Crippen molar-refractivity contribution >= 4 is 11.9 Å². The van der Waals surface area contributed by atoms with E-state index in [0.29, 0.717) is 12.3 Å². The first kappa shape index (κ1) is 23.4. The third kappa shape index (κ3) is 2.96. The van der Waals surface area contributed by atoms with Gasteiger partial charge >= 0.3 is 5.97 Å². The van der Waals surface area contributed by atoms with Crippen molar-refractivity contribution in [2.75, 3.05) is 0 Å². The van der Waals surface area contributed by atoms with Gasteiger partial charge in [-0.25, -0.2) is 0 Å². The first-order valence-electron chi connectivity index (χ1n) is 12.9. The fourth-order valence-electron chi connectivity index (χ4n) is 8.45. The van der Waals surface area contributed by atoms with Gasteiger partial charge in [-0.2, -0.15) is 0 Å². The van der Waals surface area contributed by atoms with E-state index >= 15 is 0 Å². The molecule has 0 bridgehead atoms. The second-order valence-electron chi connectivity index (χ2n) is 12.9. The average molecular weight is 462 g/mol. The van der Waals surface area contributed by atoms with Crippen LogP contribution in [-0.2, 0) is 20.4 Å². The summed E-state index contributed by atoms with van der Waals surface area (Å²) in [7, 11) is 0. The Hall–Kier alpha value is -2.36. The van der Waals surface area contributed by atoms with Crippen LogP contribution in [0.25, 0.3) is 0 Å². The molecule has 4 nitrogen and oxygen atoms in total. The highest BCUT2D eigenvalue weighted by molar-refractivity contribution is 5.89. The van der Waals surface area contributed by atoms with E-state index in [9.17, 15) is 14.7 Å². The van der Waals surface area contributed by atoms with Gasteiger partial charge in [0.05, 0.1) is 5.41 Å². The molecule has 1 heterocycles. The number of nitrogens with one attached hydrogen (secondary N) is 1. The minimum atomic E-state index is -0.890. The quantitative estimate of drug-likeness (QED) is 0.550. The van der Waals surface area contributed by atoms with Gasteiger partial charge in [-0.1, -0.05) is 77.1 Å². The Labute approximate surface area is 203 Å². The molecule has 1 aliphatic heterocycles. The number of aliphatic carboxylic acids is 1. The fraction of sp³-hybridized carbons (Fsp3) is 0.600. The first-order chi connectivity index (χ1) is 15.8. The highest BCUT2D eigenvalue weighted by atomic mass is 16.4. The molecule has 0 aromatic heterocycles. The summed E-state index contributed by atoms with van der Waals surface area (Å²) in [6.07, 6.45) is 8.01. The maximum absolute atomic E-state index is 13.2. The van der Waals surface area contributed by atoms with E-state index in [0.717, 1.165) is 31.2 Å². The summed E-state index contributed by atoms with van der Waals surface area (Å²) >= 11 is 0. The summed E-state index contributed by atoms with van der Waals surface area (Å²) < 4.78 is 0. The zero-order chi connectivity index (χ0) is 24.7. The molecular weight excluding hydrogens is 422 g/mol. The summed E-state index contributed by atoms with van der Waals surface area (Å²) in [5.41, 5.74) is 1.97. The van der Waals surface area contributed by atoms with E-state index in [4.69, 9.17) is 0 Å². The lowest BCUT2D eigenvalue weighted by atomic mass is 9.44. The molecule has 4 heteroatoms. The normalized spacial score (nSPS) is 41.3. The highest BCUT2D eigenvalue weighted by Crippen LogP contribution is 2.70. The van der Waals surface area contributed by atoms with Crippen molar-refractivity contribution in [2.24, 2.45) is 28.6 Å². The van der Waals surface area contributed by atoms with Crippen LogP contribution >= 0.6 is 0 Å². The van der Waals surface area contributed by atoms with Gasteiger partial charge in [0, 0.05) is 11.5 Å². The lowest BCUT2D eigenvalue weighted by Gasteiger charge is -2.60. The number of benzene rings is 1. The van der Waals surface area contributed by atoms with Crippen molar-refractivity contribution in [1.29, 1.82) is 0 Å². The van der Waals surface area contributed by atoms with Crippen LogP contribution in [0.5, 0.6) is 0 Å². The predicted octanol–water partition coefficient (Wildman–Crippen LogP) is 5.77. The molecule has 1 aromatic rings. The molecule has 7 atom stereocenters. The lowest BCUT2D eigenvalue weighted by molar-refractivity contribution is -0.153. The van der Waals surface area contributed by atoms with E-state index < -0.39 is 11.4 Å². The molecule has 182 valence electrons. The maximum Gasteiger partial charge on any atom is 0.314 e. The van der Waals surface area contributed by atoms with Crippen molar-refractivity contribution in [3.8, 4) is 0 Å². The molecule has 1 amide bonds. The molecule has 5 rings (SSSR count). The van der Waals surface area contributed by atoms with Crippen molar-refractivity contribution < 1.29 is 14.7 Å². The van der Waals surface area contributed by atoms with Crippen LogP contribution in [0.3, 0.4) is 0 Å². The van der Waals surface area contributed by atoms with Gasteiger partial charge in [-0.3, -0.25) is 9.59 Å². The summed E-state index contributed by atoms with van der Waals surface area (Å²) in [6.45, 7) is 15.6. The molecule has 1 aromatic carbocycles. The molecule has 3 saturated carbocycles. The molecular formula is C30H39NO3. The number of hydrogen-bond donors (Lipinski definition) is 2. The third-order valence-electron chi connectivity index (χ3n) is 10.4. The number of carboxylic acid groups (broad SMARTS) is 1. The van der Waals surface area contributed by atoms with E-state index in [1.807, 2.05) is 6.07 Å². The lowest BCUT2D eigenvalue weighted by Crippen LogP contribution is -2.61. The minimum absolute atomic E-state index is 0.0149. The molecule has 0 spiro atoms. The van der Waals surface area contributed by atoms with Crippen LogP contribution in [0.2, 0.25) is 0 Å². The highest BCUT2D eigenvalue weighted by Gasteiger charge is 2.68. The first-order valence-corrected chi connectivity index (χ1v) is 12.9. The van der Waals surface area contributed by atoms with Crippen molar-refractivity contribution in [1.82, 2.24) is 5.32 Å². The van der Waals surface area contributed by atoms with Crippen LogP contribution < -0.4 is 5.32 Å². The fourth-order valence-corrected chi connectivity index (χ4v) is 8.45. The Morgan fingerprint density at radius 3 is 2.53 bits per heavy atom. The monoisotopic (exact) mass is 461 g/mol. The zero-order valence-electron chi connectivity index (χ0n) is 21.3. The van der Waals surface area contributed by atoms with Crippen LogP contribution in [0, 0.1) is 28.6 Å². The van der Waals surface area contributed by atoms with E-state index in [1.165, 1.54) is 11.1 Å². The maximum atomic E-state index is 13.2. The molecule has 3 fully saturated rings. The summed E-state index contributed by atoms with van der Waals surface area (Å²) in [5, 5.41) is 14.1. The number of amides is 1.